The lowest BCUT2D eigenvalue weighted by atomic mass is 10.0. The van der Waals surface area contributed by atoms with E-state index in [1.165, 1.54) is 11.1 Å². The molecule has 0 radical (unpaired) electrons. The van der Waals surface area contributed by atoms with Gasteiger partial charge in [-0.15, -0.1) is 5.10 Å². The van der Waals surface area contributed by atoms with Crippen LogP contribution < -0.4 is 5.32 Å². The molecule has 1 aromatic carbocycles. The topological polar surface area (TPSA) is 85.8 Å². The number of carbonyl (C=O) groups is 1. The molecule has 0 saturated heterocycles. The van der Waals surface area contributed by atoms with Crippen LogP contribution in [0.15, 0.2) is 28.7 Å². The first kappa shape index (κ1) is 15.9. The summed E-state index contributed by atoms with van der Waals surface area (Å²) in [6.45, 7) is 6.00. The number of hydrogen-bond acceptors (Lipinski definition) is 5. The standard InChI is InChI=1S/C17H19N5O2/c1-10-5-6-13(7-11(10)2)9-15-19-20-17(24-15)18-16(23)14-8-12(3)22(4)21-14/h5-8H,9H2,1-4H3,(H,18,20,23). The number of anilines is 1. The van der Waals surface area contributed by atoms with Crippen LogP contribution in [0.4, 0.5) is 6.01 Å². The van der Waals surface area contributed by atoms with Gasteiger partial charge >= 0.3 is 6.01 Å². The zero-order valence-corrected chi connectivity index (χ0v) is 14.1. The SMILES string of the molecule is Cc1ccc(Cc2nnc(NC(=O)c3cc(C)n(C)n3)o2)cc1C. The van der Waals surface area contributed by atoms with Gasteiger partial charge in [-0.2, -0.15) is 5.10 Å². The molecule has 0 aliphatic carbocycles. The van der Waals surface area contributed by atoms with Gasteiger partial charge in [0, 0.05) is 12.7 Å². The highest BCUT2D eigenvalue weighted by molar-refractivity contribution is 6.01. The van der Waals surface area contributed by atoms with Crippen LogP contribution in [0.5, 0.6) is 0 Å². The van der Waals surface area contributed by atoms with Crippen LogP contribution in [-0.4, -0.2) is 25.9 Å². The highest BCUT2D eigenvalue weighted by atomic mass is 16.4. The predicted octanol–water partition coefficient (Wildman–Crippen LogP) is 2.57. The zero-order valence-electron chi connectivity index (χ0n) is 14.1. The van der Waals surface area contributed by atoms with Gasteiger partial charge in [-0.1, -0.05) is 23.3 Å². The van der Waals surface area contributed by atoms with E-state index >= 15 is 0 Å². The van der Waals surface area contributed by atoms with Crippen molar-refractivity contribution in [1.29, 1.82) is 0 Å². The fraction of sp³-hybridized carbons (Fsp3) is 0.294. The van der Waals surface area contributed by atoms with Crippen LogP contribution in [0.3, 0.4) is 0 Å². The maximum atomic E-state index is 12.1. The number of rotatable bonds is 4. The molecule has 0 bridgehead atoms. The third kappa shape index (κ3) is 3.34. The number of aromatic nitrogens is 4. The van der Waals surface area contributed by atoms with Crippen molar-refractivity contribution in [2.45, 2.75) is 27.2 Å². The van der Waals surface area contributed by atoms with E-state index in [0.29, 0.717) is 18.0 Å². The highest BCUT2D eigenvalue weighted by Crippen LogP contribution is 2.15. The molecule has 0 aliphatic heterocycles. The van der Waals surface area contributed by atoms with Gasteiger partial charge in [0.15, 0.2) is 5.69 Å². The van der Waals surface area contributed by atoms with Crippen molar-refractivity contribution in [2.75, 3.05) is 5.32 Å². The molecule has 0 aliphatic rings. The van der Waals surface area contributed by atoms with Gasteiger partial charge in [-0.05, 0) is 43.5 Å². The summed E-state index contributed by atoms with van der Waals surface area (Å²) in [5.74, 6) is 0.0748. The van der Waals surface area contributed by atoms with E-state index in [0.717, 1.165) is 11.3 Å². The lowest BCUT2D eigenvalue weighted by molar-refractivity contribution is 0.101. The number of aryl methyl sites for hydroxylation is 4. The molecule has 3 rings (SSSR count). The Hall–Kier alpha value is -2.96. The molecule has 7 heteroatoms. The molecule has 7 nitrogen and oxygen atoms in total. The Bertz CT molecular complexity index is 875. The Morgan fingerprint density at radius 1 is 1.17 bits per heavy atom. The molecule has 0 fully saturated rings. The van der Waals surface area contributed by atoms with E-state index in [2.05, 4.69) is 46.6 Å². The number of nitrogens with zero attached hydrogens (tertiary/aromatic N) is 4. The lowest BCUT2D eigenvalue weighted by Gasteiger charge is -2.02. The molecule has 0 atom stereocenters. The normalized spacial score (nSPS) is 10.8. The maximum absolute atomic E-state index is 12.1. The number of amides is 1. The summed E-state index contributed by atoms with van der Waals surface area (Å²) in [7, 11) is 1.78. The lowest BCUT2D eigenvalue weighted by Crippen LogP contribution is -2.13. The van der Waals surface area contributed by atoms with Crippen molar-refractivity contribution in [3.05, 3.63) is 58.2 Å². The van der Waals surface area contributed by atoms with Crippen molar-refractivity contribution >= 4 is 11.9 Å². The van der Waals surface area contributed by atoms with Gasteiger partial charge in [-0.25, -0.2) is 0 Å². The second-order valence-corrected chi connectivity index (χ2v) is 5.85. The summed E-state index contributed by atoms with van der Waals surface area (Å²) in [4.78, 5) is 12.1. The molecular formula is C17H19N5O2. The molecule has 2 heterocycles. The van der Waals surface area contributed by atoms with Gasteiger partial charge in [0.2, 0.25) is 5.89 Å². The largest absolute Gasteiger partial charge is 0.407 e. The van der Waals surface area contributed by atoms with Crippen molar-refractivity contribution in [3.8, 4) is 0 Å². The van der Waals surface area contributed by atoms with Crippen molar-refractivity contribution in [2.24, 2.45) is 7.05 Å². The van der Waals surface area contributed by atoms with E-state index in [1.807, 2.05) is 13.0 Å². The number of carbonyl (C=O) groups excluding carboxylic acids is 1. The van der Waals surface area contributed by atoms with E-state index in [1.54, 1.807) is 17.8 Å². The number of hydrogen-bond donors (Lipinski definition) is 1. The summed E-state index contributed by atoms with van der Waals surface area (Å²) in [5, 5.41) is 14.5. The van der Waals surface area contributed by atoms with Gasteiger partial charge < -0.3 is 4.42 Å². The third-order valence-corrected chi connectivity index (χ3v) is 3.96. The minimum absolute atomic E-state index is 0.0714. The fourth-order valence-electron chi connectivity index (χ4n) is 2.30. The number of benzene rings is 1. The molecule has 1 amide bonds. The summed E-state index contributed by atoms with van der Waals surface area (Å²) in [6.07, 6.45) is 0.521. The van der Waals surface area contributed by atoms with Crippen LogP contribution in [0, 0.1) is 20.8 Å². The Labute approximate surface area is 139 Å². The fourth-order valence-corrected chi connectivity index (χ4v) is 2.30. The molecule has 2 aromatic heterocycles. The van der Waals surface area contributed by atoms with Crippen molar-refractivity contribution in [3.63, 3.8) is 0 Å². The Kier molecular flexibility index (Phi) is 4.16. The van der Waals surface area contributed by atoms with E-state index < -0.39 is 0 Å². The van der Waals surface area contributed by atoms with Crippen LogP contribution in [0.2, 0.25) is 0 Å². The quantitative estimate of drug-likeness (QED) is 0.797. The molecule has 0 saturated carbocycles. The molecule has 1 N–H and O–H groups in total. The summed E-state index contributed by atoms with van der Waals surface area (Å²) >= 11 is 0. The molecule has 3 aromatic rings. The average Bonchev–Trinajstić information content (AvgIpc) is 3.10. The summed E-state index contributed by atoms with van der Waals surface area (Å²) in [5.41, 5.74) is 4.74. The van der Waals surface area contributed by atoms with Gasteiger partial charge in [0.25, 0.3) is 5.91 Å². The Morgan fingerprint density at radius 3 is 2.62 bits per heavy atom. The average molecular weight is 325 g/mol. The molecular weight excluding hydrogens is 306 g/mol. The van der Waals surface area contributed by atoms with Gasteiger partial charge in [-0.3, -0.25) is 14.8 Å². The van der Waals surface area contributed by atoms with Crippen LogP contribution in [0.1, 0.15) is 38.8 Å². The van der Waals surface area contributed by atoms with E-state index in [9.17, 15) is 4.79 Å². The first-order chi connectivity index (χ1) is 11.4. The second-order valence-electron chi connectivity index (χ2n) is 5.85. The highest BCUT2D eigenvalue weighted by Gasteiger charge is 2.15. The van der Waals surface area contributed by atoms with E-state index in [4.69, 9.17) is 4.42 Å². The second kappa shape index (κ2) is 6.27. The van der Waals surface area contributed by atoms with Gasteiger partial charge in [0.1, 0.15) is 0 Å². The summed E-state index contributed by atoms with van der Waals surface area (Å²) < 4.78 is 7.13. The molecule has 124 valence electrons. The first-order valence-electron chi connectivity index (χ1n) is 7.63. The van der Waals surface area contributed by atoms with Gasteiger partial charge in [0.05, 0.1) is 6.42 Å². The Morgan fingerprint density at radius 2 is 1.96 bits per heavy atom. The predicted molar refractivity (Wildman–Crippen MR) is 88.9 cm³/mol. The minimum atomic E-state index is -0.375. The van der Waals surface area contributed by atoms with Crippen molar-refractivity contribution < 1.29 is 9.21 Å². The maximum Gasteiger partial charge on any atom is 0.322 e. The smallest absolute Gasteiger partial charge is 0.322 e. The molecule has 0 unspecified atom stereocenters. The van der Waals surface area contributed by atoms with Crippen molar-refractivity contribution in [1.82, 2.24) is 20.0 Å². The van der Waals surface area contributed by atoms with E-state index in [-0.39, 0.29) is 11.9 Å². The minimum Gasteiger partial charge on any atom is -0.407 e. The molecule has 24 heavy (non-hydrogen) atoms. The van der Waals surface area contributed by atoms with Crippen LogP contribution in [-0.2, 0) is 13.5 Å². The zero-order chi connectivity index (χ0) is 17.3. The number of nitrogens with one attached hydrogen (secondary N) is 1. The van der Waals surface area contributed by atoms with Crippen LogP contribution in [0.25, 0.3) is 0 Å². The first-order valence-corrected chi connectivity index (χ1v) is 7.63. The third-order valence-electron chi connectivity index (χ3n) is 3.96. The Balaban J connectivity index is 1.68. The monoisotopic (exact) mass is 325 g/mol. The summed E-state index contributed by atoms with van der Waals surface area (Å²) in [6, 6.07) is 7.95. The molecule has 0 spiro atoms. The van der Waals surface area contributed by atoms with Crippen LogP contribution >= 0.6 is 0 Å².